The molecule has 1 unspecified atom stereocenters. The van der Waals surface area contributed by atoms with E-state index in [0.717, 1.165) is 19.4 Å². The van der Waals surface area contributed by atoms with Crippen molar-refractivity contribution < 1.29 is 31.1 Å². The number of ether oxygens (including phenoxy) is 2. The molecule has 0 fully saturated rings. The second-order valence-electron chi connectivity index (χ2n) is 8.43. The van der Waals surface area contributed by atoms with Crippen molar-refractivity contribution in [1.29, 1.82) is 0 Å². The number of methoxy groups -OCH3 is 2. The van der Waals surface area contributed by atoms with Gasteiger partial charge in [0.2, 0.25) is 15.0 Å². The van der Waals surface area contributed by atoms with Crippen LogP contribution >= 0.6 is 0 Å². The molecule has 0 radical (unpaired) electrons. The van der Waals surface area contributed by atoms with Crippen molar-refractivity contribution in [1.82, 2.24) is 4.57 Å². The van der Waals surface area contributed by atoms with E-state index in [0.29, 0.717) is 29.9 Å². The van der Waals surface area contributed by atoms with E-state index in [1.165, 1.54) is 37.1 Å². The lowest BCUT2D eigenvalue weighted by molar-refractivity contribution is -0.156. The van der Waals surface area contributed by atoms with E-state index in [2.05, 4.69) is 4.99 Å². The van der Waals surface area contributed by atoms with Gasteiger partial charge in [0.1, 0.15) is 0 Å². The summed E-state index contributed by atoms with van der Waals surface area (Å²) < 4.78 is 76.9. The molecule has 1 atom stereocenters. The molecular formula is C25H32F3N3O5S. The van der Waals surface area contributed by atoms with Crippen LogP contribution in [0.25, 0.3) is 5.70 Å². The fraction of sp³-hybridized carbons (Fsp3) is 0.440. The largest absolute Gasteiger partial charge is 0.493 e. The van der Waals surface area contributed by atoms with E-state index in [4.69, 9.17) is 15.2 Å². The highest BCUT2D eigenvalue weighted by Gasteiger charge is 2.35. The average molecular weight is 544 g/mol. The lowest BCUT2D eigenvalue weighted by atomic mass is 10.1. The van der Waals surface area contributed by atoms with Gasteiger partial charge in [-0.15, -0.1) is 0 Å². The van der Waals surface area contributed by atoms with Crippen LogP contribution in [0.15, 0.2) is 52.4 Å². The molecule has 0 spiro atoms. The number of allylic oxidation sites excluding steroid dienone is 1. The summed E-state index contributed by atoms with van der Waals surface area (Å²) in [5.41, 5.74) is 5.78. The molecule has 0 saturated heterocycles. The van der Waals surface area contributed by atoms with Gasteiger partial charge in [0.05, 0.1) is 38.1 Å². The molecule has 0 amide bonds. The Morgan fingerprint density at radius 3 is 2.41 bits per heavy atom. The Hall–Kier alpha value is -3.28. The van der Waals surface area contributed by atoms with E-state index in [-0.39, 0.29) is 23.6 Å². The van der Waals surface area contributed by atoms with Crippen molar-refractivity contribution in [2.75, 3.05) is 20.0 Å². The second-order valence-corrected chi connectivity index (χ2v) is 10.5. The Balaban J connectivity index is 2.55. The van der Waals surface area contributed by atoms with E-state index in [9.17, 15) is 26.4 Å². The zero-order valence-corrected chi connectivity index (χ0v) is 22.0. The summed E-state index contributed by atoms with van der Waals surface area (Å²) in [7, 11) is -1.03. The molecule has 1 heterocycles. The minimum absolute atomic E-state index is 0.0592. The number of pyridine rings is 1. The predicted molar refractivity (Wildman–Crippen MR) is 137 cm³/mol. The molecule has 0 aliphatic carbocycles. The molecule has 12 heteroatoms. The van der Waals surface area contributed by atoms with Crippen molar-refractivity contribution in [3.63, 3.8) is 0 Å². The third-order valence-corrected chi connectivity index (χ3v) is 7.12. The Kier molecular flexibility index (Phi) is 10.4. The molecule has 2 rings (SSSR count). The number of benzene rings is 1. The van der Waals surface area contributed by atoms with Gasteiger partial charge in [-0.05, 0) is 36.3 Å². The number of aromatic nitrogens is 1. The van der Waals surface area contributed by atoms with Crippen LogP contribution in [-0.4, -0.2) is 44.3 Å². The highest BCUT2D eigenvalue weighted by molar-refractivity contribution is 8.06. The van der Waals surface area contributed by atoms with Gasteiger partial charge in [0.15, 0.2) is 11.5 Å². The number of alkyl halides is 3. The number of amidine groups is 1. The summed E-state index contributed by atoms with van der Waals surface area (Å²) in [6.45, 7) is 2.88. The minimum atomic E-state index is -4.59. The average Bonchev–Trinajstić information content (AvgIpc) is 2.84. The van der Waals surface area contributed by atoms with Gasteiger partial charge in [-0.1, -0.05) is 32.8 Å². The van der Waals surface area contributed by atoms with Crippen LogP contribution in [-0.2, 0) is 16.4 Å². The van der Waals surface area contributed by atoms with Crippen LogP contribution in [0.5, 0.6) is 11.5 Å². The van der Waals surface area contributed by atoms with Crippen LogP contribution in [0.1, 0.15) is 44.2 Å². The third kappa shape index (κ3) is 8.38. The molecule has 0 bridgehead atoms. The zero-order valence-electron chi connectivity index (χ0n) is 21.2. The molecule has 1 aromatic carbocycles. The number of aliphatic imine (C=N–C) groups is 1. The van der Waals surface area contributed by atoms with E-state index < -0.39 is 32.7 Å². The van der Waals surface area contributed by atoms with Crippen LogP contribution in [0.4, 0.5) is 13.2 Å². The van der Waals surface area contributed by atoms with Gasteiger partial charge in [-0.25, -0.2) is 13.4 Å². The van der Waals surface area contributed by atoms with Gasteiger partial charge in [-0.3, -0.25) is 4.79 Å². The smallest absolute Gasteiger partial charge is 0.394 e. The first-order valence-corrected chi connectivity index (χ1v) is 13.2. The summed E-state index contributed by atoms with van der Waals surface area (Å²) in [6.07, 6.45) is -0.708. The topological polar surface area (TPSA) is 113 Å². The molecule has 2 N–H and O–H groups in total. The molecule has 0 aliphatic heterocycles. The van der Waals surface area contributed by atoms with Gasteiger partial charge < -0.3 is 19.8 Å². The first-order chi connectivity index (χ1) is 17.3. The molecule has 0 aliphatic rings. The number of halogens is 3. The van der Waals surface area contributed by atoms with E-state index >= 15 is 0 Å². The maximum Gasteiger partial charge on any atom is 0.394 e. The summed E-state index contributed by atoms with van der Waals surface area (Å²) in [6, 6.07) is 7.49. The van der Waals surface area contributed by atoms with Crippen LogP contribution < -0.4 is 20.8 Å². The lowest BCUT2D eigenvalue weighted by Gasteiger charge is -2.15. The fourth-order valence-corrected chi connectivity index (χ4v) is 4.38. The fourth-order valence-electron chi connectivity index (χ4n) is 3.35. The Morgan fingerprint density at radius 1 is 1.14 bits per heavy atom. The summed E-state index contributed by atoms with van der Waals surface area (Å²) in [4.78, 5) is 16.4. The van der Waals surface area contributed by atoms with Crippen LogP contribution in [0, 0.1) is 5.92 Å². The monoisotopic (exact) mass is 543 g/mol. The van der Waals surface area contributed by atoms with Crippen LogP contribution in [0.2, 0.25) is 0 Å². The van der Waals surface area contributed by atoms with E-state index in [1.54, 1.807) is 18.2 Å². The van der Waals surface area contributed by atoms with Crippen molar-refractivity contribution in [3.05, 3.63) is 64.1 Å². The summed E-state index contributed by atoms with van der Waals surface area (Å²) in [5.74, 6) is -1.29. The van der Waals surface area contributed by atoms with Crippen molar-refractivity contribution in [2.24, 2.45) is 16.6 Å². The van der Waals surface area contributed by atoms with Gasteiger partial charge >= 0.3 is 6.18 Å². The number of unbranched alkanes of at least 4 members (excludes halogenated alkanes) is 2. The number of hydrogen-bond acceptors (Lipinski definition) is 6. The van der Waals surface area contributed by atoms with Gasteiger partial charge in [-0.2, -0.15) is 13.2 Å². The highest BCUT2D eigenvalue weighted by Crippen LogP contribution is 2.31. The molecule has 2 aromatic rings. The minimum Gasteiger partial charge on any atom is -0.493 e. The molecule has 37 heavy (non-hydrogen) atoms. The normalized spacial score (nSPS) is 13.9. The molecule has 204 valence electrons. The zero-order chi connectivity index (χ0) is 27.8. The molecular weight excluding hydrogens is 511 g/mol. The standard InChI is InChI=1S/C25H32F3N3O5S/c1-5-6-7-12-37(33,34)24(29)30-20(13-17(2)25(26,27)28)19-9-11-23(32)31(16-19)15-18-8-10-21(35-3)22(14-18)36-4/h8-11,13-14,16-17H,5-7,12,15H2,1-4H3,(H2,29,30)/b20-13-. The molecule has 1 aromatic heterocycles. The molecule has 0 saturated carbocycles. The van der Waals surface area contributed by atoms with Gasteiger partial charge in [0.25, 0.3) is 5.56 Å². The lowest BCUT2D eigenvalue weighted by Crippen LogP contribution is -2.27. The summed E-state index contributed by atoms with van der Waals surface area (Å²) in [5, 5.41) is -0.776. The SMILES string of the molecule is CCCCCS(=O)(=O)C(N)=N/C(=C\C(C)C(F)(F)F)c1ccc(=O)n(Cc2ccc(OC)c(OC)c2)c1. The van der Waals surface area contributed by atoms with Crippen LogP contribution in [0.3, 0.4) is 0 Å². The quantitative estimate of drug-likeness (QED) is 0.256. The Bertz CT molecular complexity index is 1300. The number of hydrogen-bond donors (Lipinski definition) is 1. The van der Waals surface area contributed by atoms with E-state index in [1.807, 2.05) is 6.92 Å². The Morgan fingerprint density at radius 2 is 1.81 bits per heavy atom. The van der Waals surface area contributed by atoms with Crippen molar-refractivity contribution in [3.8, 4) is 11.5 Å². The van der Waals surface area contributed by atoms with Gasteiger partial charge in [0, 0.05) is 17.8 Å². The number of nitrogens with zero attached hydrogens (tertiary/aromatic N) is 2. The van der Waals surface area contributed by atoms with Crippen molar-refractivity contribution in [2.45, 2.75) is 45.8 Å². The number of rotatable bonds is 11. The number of nitrogens with two attached hydrogens (primary N) is 1. The maximum atomic E-state index is 13.3. The first kappa shape index (κ1) is 29.9. The highest BCUT2D eigenvalue weighted by atomic mass is 32.2. The Labute approximate surface area is 214 Å². The van der Waals surface area contributed by atoms with Crippen molar-refractivity contribution >= 4 is 20.7 Å². The third-order valence-electron chi connectivity index (χ3n) is 5.57. The first-order valence-electron chi connectivity index (χ1n) is 11.6. The second kappa shape index (κ2) is 12.8. The maximum absolute atomic E-state index is 13.3. The summed E-state index contributed by atoms with van der Waals surface area (Å²) >= 11 is 0. The predicted octanol–water partition coefficient (Wildman–Crippen LogP) is 4.37. The number of sulfone groups is 1. The molecule has 8 nitrogen and oxygen atoms in total.